The lowest BCUT2D eigenvalue weighted by Gasteiger charge is -2.04. The molecule has 3 rings (SSSR count). The number of aromatic nitrogens is 2. The molecular weight excluding hydrogens is 256 g/mol. The van der Waals surface area contributed by atoms with E-state index in [-0.39, 0.29) is 11.5 Å². The van der Waals surface area contributed by atoms with E-state index in [4.69, 9.17) is 4.74 Å². The summed E-state index contributed by atoms with van der Waals surface area (Å²) in [5.74, 6) is 1.47. The molecule has 0 atom stereocenters. The predicted molar refractivity (Wildman–Crippen MR) is 73.4 cm³/mol. The Kier molecular flexibility index (Phi) is 3.01. The van der Waals surface area contributed by atoms with Gasteiger partial charge in [-0.25, -0.2) is 4.68 Å². The minimum Gasteiger partial charge on any atom is -0.508 e. The van der Waals surface area contributed by atoms with Crippen molar-refractivity contribution < 1.29 is 14.9 Å². The maximum atomic E-state index is 9.76. The van der Waals surface area contributed by atoms with Gasteiger partial charge in [0.25, 0.3) is 0 Å². The fourth-order valence-electron chi connectivity index (χ4n) is 1.80. The molecule has 0 amide bonds. The number of hydrogen-bond donors (Lipinski definition) is 2. The molecule has 0 unspecified atom stereocenters. The Balaban J connectivity index is 1.84. The molecule has 2 aromatic carbocycles. The molecule has 2 N–H and O–H groups in total. The summed E-state index contributed by atoms with van der Waals surface area (Å²) < 4.78 is 7.13. The molecule has 3 aromatic rings. The summed E-state index contributed by atoms with van der Waals surface area (Å²) in [6.45, 7) is 0. The van der Waals surface area contributed by atoms with Crippen molar-refractivity contribution in [2.45, 2.75) is 0 Å². The number of aromatic hydroxyl groups is 2. The maximum absolute atomic E-state index is 9.76. The van der Waals surface area contributed by atoms with Crippen LogP contribution < -0.4 is 4.74 Å². The largest absolute Gasteiger partial charge is 0.508 e. The Morgan fingerprint density at radius 2 is 1.65 bits per heavy atom. The van der Waals surface area contributed by atoms with E-state index in [2.05, 4.69) is 5.10 Å². The first-order chi connectivity index (χ1) is 9.72. The fourth-order valence-corrected chi connectivity index (χ4v) is 1.80. The van der Waals surface area contributed by atoms with E-state index in [1.807, 2.05) is 6.07 Å². The molecule has 0 aliphatic carbocycles. The van der Waals surface area contributed by atoms with E-state index in [1.165, 1.54) is 4.68 Å². The van der Waals surface area contributed by atoms with Gasteiger partial charge in [-0.05, 0) is 36.4 Å². The molecule has 0 spiro atoms. The van der Waals surface area contributed by atoms with Crippen molar-refractivity contribution >= 4 is 0 Å². The van der Waals surface area contributed by atoms with E-state index >= 15 is 0 Å². The van der Waals surface area contributed by atoms with Crippen LogP contribution in [-0.4, -0.2) is 20.0 Å². The Morgan fingerprint density at radius 3 is 2.40 bits per heavy atom. The standard InChI is InChI=1S/C15H12N2O3/c18-11-5-7-12(8-6-11)20-13-9-16-17(10-13)14-3-1-2-4-15(14)19/h1-10,18-19H. The number of phenols is 2. The lowest BCUT2D eigenvalue weighted by molar-refractivity contribution is 0.463. The Morgan fingerprint density at radius 1 is 0.900 bits per heavy atom. The number of rotatable bonds is 3. The van der Waals surface area contributed by atoms with Gasteiger partial charge in [0, 0.05) is 0 Å². The van der Waals surface area contributed by atoms with Crippen molar-refractivity contribution in [1.29, 1.82) is 0 Å². The lowest BCUT2D eigenvalue weighted by atomic mass is 10.3. The second-order valence-corrected chi connectivity index (χ2v) is 4.21. The molecule has 0 fully saturated rings. The van der Waals surface area contributed by atoms with Gasteiger partial charge in [0.2, 0.25) is 0 Å². The summed E-state index contributed by atoms with van der Waals surface area (Å²) in [5.41, 5.74) is 0.577. The van der Waals surface area contributed by atoms with Gasteiger partial charge in [0.05, 0.1) is 12.4 Å². The van der Waals surface area contributed by atoms with Crippen molar-refractivity contribution in [1.82, 2.24) is 9.78 Å². The van der Waals surface area contributed by atoms with Gasteiger partial charge in [0.1, 0.15) is 22.9 Å². The SMILES string of the molecule is Oc1ccc(Oc2cnn(-c3ccccc3O)c2)cc1. The number of phenolic OH excluding ortho intramolecular Hbond substituents is 2. The Labute approximate surface area is 115 Å². The molecule has 5 nitrogen and oxygen atoms in total. The molecule has 1 aromatic heterocycles. The molecule has 1 heterocycles. The average molecular weight is 268 g/mol. The molecule has 20 heavy (non-hydrogen) atoms. The second kappa shape index (κ2) is 4.97. The van der Waals surface area contributed by atoms with Gasteiger partial charge in [-0.15, -0.1) is 0 Å². The van der Waals surface area contributed by atoms with Crippen molar-refractivity contribution in [2.24, 2.45) is 0 Å². The highest BCUT2D eigenvalue weighted by Crippen LogP contribution is 2.26. The van der Waals surface area contributed by atoms with Gasteiger partial charge >= 0.3 is 0 Å². The second-order valence-electron chi connectivity index (χ2n) is 4.21. The molecule has 0 saturated carbocycles. The van der Waals surface area contributed by atoms with Crippen LogP contribution >= 0.6 is 0 Å². The first kappa shape index (κ1) is 12.1. The average Bonchev–Trinajstić information content (AvgIpc) is 2.90. The fraction of sp³-hybridized carbons (Fsp3) is 0. The molecule has 0 aliphatic heterocycles. The minimum absolute atomic E-state index is 0.145. The quantitative estimate of drug-likeness (QED) is 0.766. The van der Waals surface area contributed by atoms with E-state index in [0.717, 1.165) is 0 Å². The van der Waals surface area contributed by atoms with Crippen LogP contribution in [0.1, 0.15) is 0 Å². The summed E-state index contributed by atoms with van der Waals surface area (Å²) in [4.78, 5) is 0. The lowest BCUT2D eigenvalue weighted by Crippen LogP contribution is -1.93. The zero-order chi connectivity index (χ0) is 13.9. The van der Waals surface area contributed by atoms with E-state index < -0.39 is 0 Å². The predicted octanol–water partition coefficient (Wildman–Crippen LogP) is 3.08. The Bertz CT molecular complexity index is 720. The third kappa shape index (κ3) is 2.42. The number of para-hydroxylation sites is 2. The molecule has 0 saturated heterocycles. The van der Waals surface area contributed by atoms with Gasteiger partial charge < -0.3 is 14.9 Å². The van der Waals surface area contributed by atoms with Gasteiger partial charge in [-0.2, -0.15) is 5.10 Å². The van der Waals surface area contributed by atoms with Gasteiger partial charge in [0.15, 0.2) is 5.75 Å². The minimum atomic E-state index is 0.145. The van der Waals surface area contributed by atoms with Gasteiger partial charge in [-0.3, -0.25) is 0 Å². The summed E-state index contributed by atoms with van der Waals surface area (Å²) in [5, 5.41) is 23.1. The molecule has 0 aliphatic rings. The molecule has 5 heteroatoms. The molecule has 0 radical (unpaired) electrons. The van der Waals surface area contributed by atoms with E-state index in [1.54, 1.807) is 54.9 Å². The van der Waals surface area contributed by atoms with Crippen LogP contribution in [0.25, 0.3) is 5.69 Å². The van der Waals surface area contributed by atoms with Gasteiger partial charge in [-0.1, -0.05) is 12.1 Å². The monoisotopic (exact) mass is 268 g/mol. The van der Waals surface area contributed by atoms with Crippen molar-refractivity contribution in [3.05, 3.63) is 60.9 Å². The van der Waals surface area contributed by atoms with Crippen LogP contribution in [0.4, 0.5) is 0 Å². The van der Waals surface area contributed by atoms with Crippen molar-refractivity contribution in [3.63, 3.8) is 0 Å². The molecule has 100 valence electrons. The van der Waals surface area contributed by atoms with Crippen LogP contribution in [0, 0.1) is 0 Å². The highest BCUT2D eigenvalue weighted by atomic mass is 16.5. The van der Waals surface area contributed by atoms with E-state index in [0.29, 0.717) is 17.2 Å². The molecular formula is C15H12N2O3. The smallest absolute Gasteiger partial charge is 0.165 e. The van der Waals surface area contributed by atoms with Crippen LogP contribution in [0.15, 0.2) is 60.9 Å². The Hall–Kier alpha value is -2.95. The summed E-state index contributed by atoms with van der Waals surface area (Å²) >= 11 is 0. The van der Waals surface area contributed by atoms with Crippen molar-refractivity contribution in [3.8, 4) is 28.7 Å². The van der Waals surface area contributed by atoms with Crippen LogP contribution in [-0.2, 0) is 0 Å². The molecule has 0 bridgehead atoms. The highest BCUT2D eigenvalue weighted by molar-refractivity contribution is 5.45. The zero-order valence-electron chi connectivity index (χ0n) is 10.5. The maximum Gasteiger partial charge on any atom is 0.165 e. The topological polar surface area (TPSA) is 67.5 Å². The van der Waals surface area contributed by atoms with Crippen LogP contribution in [0.3, 0.4) is 0 Å². The van der Waals surface area contributed by atoms with E-state index in [9.17, 15) is 10.2 Å². The third-order valence-corrected chi connectivity index (χ3v) is 2.76. The number of hydrogen-bond acceptors (Lipinski definition) is 4. The summed E-state index contributed by atoms with van der Waals surface area (Å²) in [7, 11) is 0. The van der Waals surface area contributed by atoms with Crippen LogP contribution in [0.5, 0.6) is 23.0 Å². The van der Waals surface area contributed by atoms with Crippen LogP contribution in [0.2, 0.25) is 0 Å². The number of ether oxygens (including phenoxy) is 1. The number of nitrogens with zero attached hydrogens (tertiary/aromatic N) is 2. The first-order valence-electron chi connectivity index (χ1n) is 6.02. The third-order valence-electron chi connectivity index (χ3n) is 2.76. The normalized spacial score (nSPS) is 10.4. The summed E-state index contributed by atoms with van der Waals surface area (Å²) in [6.07, 6.45) is 3.22. The zero-order valence-corrected chi connectivity index (χ0v) is 10.5. The highest BCUT2D eigenvalue weighted by Gasteiger charge is 2.06. The van der Waals surface area contributed by atoms with Crippen molar-refractivity contribution in [2.75, 3.05) is 0 Å². The number of benzene rings is 2. The first-order valence-corrected chi connectivity index (χ1v) is 6.02. The summed E-state index contributed by atoms with van der Waals surface area (Å²) in [6, 6.07) is 13.3.